The Kier molecular flexibility index (Phi) is 5.28. The van der Waals surface area contributed by atoms with Crippen LogP contribution in [0.3, 0.4) is 0 Å². The molecule has 10 rings (SSSR count). The summed E-state index contributed by atoms with van der Waals surface area (Å²) in [7, 11) is 0. The van der Waals surface area contributed by atoms with Crippen LogP contribution in [0.15, 0.2) is 128 Å². The first-order chi connectivity index (χ1) is 21.4. The van der Waals surface area contributed by atoms with E-state index in [1.54, 1.807) is 0 Å². The Hall–Kier alpha value is -3.54. The summed E-state index contributed by atoms with van der Waals surface area (Å²) in [5.41, 5.74) is 2.28. The summed E-state index contributed by atoms with van der Waals surface area (Å²) < 4.78 is 2.19. The maximum absolute atomic E-state index is 5.17. The molecule has 0 aliphatic rings. The lowest BCUT2D eigenvalue weighted by molar-refractivity contribution is 1.46. The molecule has 10 aromatic carbocycles. The third-order valence-corrected chi connectivity index (χ3v) is 11.3. The third-order valence-electron chi connectivity index (χ3n) is 9.57. The van der Waals surface area contributed by atoms with Crippen LogP contribution in [-0.2, 0) is 0 Å². The zero-order chi connectivity index (χ0) is 29.4. The van der Waals surface area contributed by atoms with Crippen molar-refractivity contribution in [2.75, 3.05) is 0 Å². The molecule has 0 saturated carbocycles. The van der Waals surface area contributed by atoms with E-state index in [1.807, 2.05) is 0 Å². The molecule has 206 valence electrons. The van der Waals surface area contributed by atoms with E-state index in [0.717, 1.165) is 29.9 Å². The number of thiol groups is 2. The predicted molar refractivity (Wildman–Crippen MR) is 204 cm³/mol. The minimum Gasteiger partial charge on any atom is -0.143 e. The van der Waals surface area contributed by atoms with Crippen LogP contribution in [0.4, 0.5) is 0 Å². The molecule has 0 N–H and O–H groups in total. The van der Waals surface area contributed by atoms with E-state index in [-0.39, 0.29) is 0 Å². The number of benzene rings is 10. The van der Waals surface area contributed by atoms with Crippen LogP contribution in [0.5, 0.6) is 0 Å². The van der Waals surface area contributed by atoms with Gasteiger partial charge in [0.1, 0.15) is 0 Å². The van der Waals surface area contributed by atoms with Crippen LogP contribution < -0.4 is 0 Å². The highest BCUT2D eigenvalue weighted by Crippen LogP contribution is 2.50. The largest absolute Gasteiger partial charge is 0.143 e. The molecule has 0 amide bonds. The van der Waals surface area contributed by atoms with Crippen LogP contribution in [0, 0.1) is 0 Å². The number of hydrogen-bond acceptors (Lipinski definition) is 2. The molecule has 4 heteroatoms. The second-order valence-corrected chi connectivity index (χ2v) is 14.7. The van der Waals surface area contributed by atoms with Gasteiger partial charge in [-0.25, -0.2) is 0 Å². The van der Waals surface area contributed by atoms with Gasteiger partial charge in [0, 0.05) is 29.9 Å². The summed E-state index contributed by atoms with van der Waals surface area (Å²) >= 11 is 17.7. The highest BCUT2D eigenvalue weighted by atomic mass is 79.9. The Balaban J connectivity index is 1.37. The van der Waals surface area contributed by atoms with E-state index in [9.17, 15) is 0 Å². The molecule has 0 bridgehead atoms. The molecule has 0 nitrogen and oxygen atoms in total. The second kappa shape index (κ2) is 9.02. The number of halogens is 2. The maximum atomic E-state index is 5.17. The minimum atomic E-state index is 0.963. The van der Waals surface area contributed by atoms with Crippen molar-refractivity contribution in [2.24, 2.45) is 0 Å². The molecule has 0 fully saturated rings. The van der Waals surface area contributed by atoms with Gasteiger partial charge in [-0.15, -0.1) is 25.3 Å². The average molecular weight is 725 g/mol. The van der Waals surface area contributed by atoms with E-state index >= 15 is 0 Å². The molecule has 0 spiro atoms. The highest BCUT2D eigenvalue weighted by Gasteiger charge is 2.22. The lowest BCUT2D eigenvalue weighted by Crippen LogP contribution is -1.94. The smallest absolute Gasteiger partial charge is 0.0181 e. The molecule has 0 heterocycles. The summed E-state index contributed by atoms with van der Waals surface area (Å²) in [5.74, 6) is 0. The van der Waals surface area contributed by atoms with Crippen molar-refractivity contribution in [3.8, 4) is 11.1 Å². The molecule has 0 aromatic heterocycles. The fraction of sp³-hybridized carbons (Fsp3) is 0. The van der Waals surface area contributed by atoms with E-state index in [0.29, 0.717) is 0 Å². The molecule has 0 saturated heterocycles. The summed E-state index contributed by atoms with van der Waals surface area (Å²) in [6, 6.07) is 40.5. The van der Waals surface area contributed by atoms with Crippen molar-refractivity contribution < 1.29 is 0 Å². The summed E-state index contributed by atoms with van der Waals surface area (Å²) in [6.45, 7) is 0. The van der Waals surface area contributed by atoms with Gasteiger partial charge in [-0.3, -0.25) is 0 Å². The molecule has 0 radical (unpaired) electrons. The topological polar surface area (TPSA) is 0 Å². The Morgan fingerprint density at radius 3 is 1.09 bits per heavy atom. The quantitative estimate of drug-likeness (QED) is 0.0940. The van der Waals surface area contributed by atoms with Gasteiger partial charge in [-0.2, -0.15) is 0 Å². The number of rotatable bonds is 1. The van der Waals surface area contributed by atoms with Gasteiger partial charge in [0.15, 0.2) is 0 Å². The standard InChI is InChI=1S/C40H20Br2S2/c41-25-5-11-27-23(15-25)13-19-3-9-31-37-21(1-7-29(27)35(19)37)17-33(43)39(31)40-32-10-4-20-14-24-16-26(42)6-12-28(24)30-8-2-22(18-34(40)44)38(32)36(20)30/h1-18,43-44H. The monoisotopic (exact) mass is 722 g/mol. The first-order valence-corrected chi connectivity index (χ1v) is 17.0. The van der Waals surface area contributed by atoms with Gasteiger partial charge >= 0.3 is 0 Å². The number of hydrogen-bond donors (Lipinski definition) is 2. The lowest BCUT2D eigenvalue weighted by atomic mass is 9.84. The molecule has 0 aliphatic heterocycles. The van der Waals surface area contributed by atoms with E-state index < -0.39 is 0 Å². The minimum absolute atomic E-state index is 0.963. The van der Waals surface area contributed by atoms with Gasteiger partial charge in [0.05, 0.1) is 0 Å². The summed E-state index contributed by atoms with van der Waals surface area (Å²) in [4.78, 5) is 1.93. The van der Waals surface area contributed by atoms with Crippen molar-refractivity contribution >= 4 is 143 Å². The zero-order valence-corrected chi connectivity index (χ0v) is 28.0. The molecule has 44 heavy (non-hydrogen) atoms. The van der Waals surface area contributed by atoms with Crippen LogP contribution in [-0.4, -0.2) is 0 Å². The first-order valence-electron chi connectivity index (χ1n) is 14.5. The van der Waals surface area contributed by atoms with Crippen LogP contribution in [0.25, 0.3) is 97.3 Å². The Labute approximate surface area is 280 Å². The Morgan fingerprint density at radius 1 is 0.318 bits per heavy atom. The Morgan fingerprint density at radius 2 is 0.659 bits per heavy atom. The molecule has 0 unspecified atom stereocenters. The molecule has 0 aliphatic carbocycles. The van der Waals surface area contributed by atoms with E-state index in [1.165, 1.54) is 86.2 Å². The fourth-order valence-electron chi connectivity index (χ4n) is 7.82. The van der Waals surface area contributed by atoms with Crippen molar-refractivity contribution in [1.82, 2.24) is 0 Å². The van der Waals surface area contributed by atoms with Crippen molar-refractivity contribution in [3.05, 3.63) is 118 Å². The predicted octanol–water partition coefficient (Wildman–Crippen LogP) is 13.6. The normalized spacial score (nSPS) is 12.5. The molecule has 10 aromatic rings. The van der Waals surface area contributed by atoms with Gasteiger partial charge in [-0.1, -0.05) is 92.5 Å². The summed E-state index contributed by atoms with van der Waals surface area (Å²) in [5, 5.41) is 20.1. The van der Waals surface area contributed by atoms with Crippen LogP contribution in [0.2, 0.25) is 0 Å². The SMILES string of the molecule is Sc1cc2ccc3c4ccc(Br)cc4cc4ccc(c1-c1c(S)cc5ccc6c7ccc(Br)cc7cc7ccc1c5c76)c2c43. The van der Waals surface area contributed by atoms with Crippen LogP contribution in [0.1, 0.15) is 0 Å². The molecular weight excluding hydrogens is 704 g/mol. The van der Waals surface area contributed by atoms with Crippen molar-refractivity contribution in [3.63, 3.8) is 0 Å². The fourth-order valence-corrected chi connectivity index (χ4v) is 9.32. The lowest BCUT2D eigenvalue weighted by Gasteiger charge is -2.21. The van der Waals surface area contributed by atoms with Gasteiger partial charge in [0.25, 0.3) is 0 Å². The zero-order valence-electron chi connectivity index (χ0n) is 23.0. The second-order valence-electron chi connectivity index (χ2n) is 11.9. The molecule has 0 atom stereocenters. The Bertz CT molecular complexity index is 2670. The van der Waals surface area contributed by atoms with E-state index in [4.69, 9.17) is 25.3 Å². The van der Waals surface area contributed by atoms with Gasteiger partial charge < -0.3 is 0 Å². The van der Waals surface area contributed by atoms with Crippen LogP contribution >= 0.6 is 57.1 Å². The van der Waals surface area contributed by atoms with Gasteiger partial charge in [0.2, 0.25) is 0 Å². The molecular formula is C40H20Br2S2. The number of fused-ring (bicyclic) bond motifs is 4. The van der Waals surface area contributed by atoms with Gasteiger partial charge in [-0.05, 0) is 135 Å². The summed E-state index contributed by atoms with van der Waals surface area (Å²) in [6.07, 6.45) is 0. The third kappa shape index (κ3) is 3.37. The van der Waals surface area contributed by atoms with Crippen molar-refractivity contribution in [1.29, 1.82) is 0 Å². The van der Waals surface area contributed by atoms with Crippen molar-refractivity contribution in [2.45, 2.75) is 9.79 Å². The van der Waals surface area contributed by atoms with E-state index in [2.05, 4.69) is 141 Å². The maximum Gasteiger partial charge on any atom is 0.0181 e. The average Bonchev–Trinajstić information content (AvgIpc) is 3.01. The highest BCUT2D eigenvalue weighted by molar-refractivity contribution is 9.10. The first kappa shape index (κ1) is 25.8.